The number of rotatable bonds is 32. The van der Waals surface area contributed by atoms with E-state index >= 15 is 0 Å². The Labute approximate surface area is 449 Å². The van der Waals surface area contributed by atoms with Crippen LogP contribution in [0.3, 0.4) is 0 Å². The number of carbonyl (C=O) groups is 12. The summed E-state index contributed by atoms with van der Waals surface area (Å²) in [6.45, 7) is 0.317. The number of phenolic OH excluding ortho intramolecular Hbond substituents is 3. The maximum absolute atomic E-state index is 14.0. The van der Waals surface area contributed by atoms with E-state index in [1.165, 1.54) is 91.5 Å². The van der Waals surface area contributed by atoms with Crippen LogP contribution < -0.4 is 54.0 Å². The Hall–Kier alpha value is -8.99. The highest BCUT2D eigenvalue weighted by molar-refractivity contribution is 7.98. The van der Waals surface area contributed by atoms with Crippen molar-refractivity contribution in [2.45, 2.75) is 100 Å². The van der Waals surface area contributed by atoms with Crippen molar-refractivity contribution in [1.82, 2.24) is 42.5 Å². The average Bonchev–Trinajstić information content (AvgIpc) is 3.36. The van der Waals surface area contributed by atoms with Gasteiger partial charge < -0.3 is 84.6 Å². The van der Waals surface area contributed by atoms with Gasteiger partial charge in [0.05, 0.1) is 31.8 Å². The number of aliphatic carboxylic acids is 3. The van der Waals surface area contributed by atoms with Gasteiger partial charge in [-0.05, 0) is 78.4 Å². The fraction of sp³-hybridized carbons (Fsp3) is 0.388. The first kappa shape index (κ1) is 63.3. The van der Waals surface area contributed by atoms with Gasteiger partial charge >= 0.3 is 17.9 Å². The number of thioether (sulfide) groups is 1. The van der Waals surface area contributed by atoms with Crippen LogP contribution in [0, 0.1) is 0 Å². The summed E-state index contributed by atoms with van der Waals surface area (Å²) in [5.41, 5.74) is 12.2. The zero-order valence-electron chi connectivity index (χ0n) is 42.1. The summed E-state index contributed by atoms with van der Waals surface area (Å²) in [5.74, 6) is -14.2. The van der Waals surface area contributed by atoms with Crippen molar-refractivity contribution in [3.63, 3.8) is 0 Å². The van der Waals surface area contributed by atoms with E-state index in [1.807, 2.05) is 0 Å². The molecule has 0 spiro atoms. The first-order valence-corrected chi connectivity index (χ1v) is 25.1. The third-order valence-electron chi connectivity index (χ3n) is 11.2. The molecule has 0 saturated heterocycles. The third-order valence-corrected chi connectivity index (χ3v) is 11.9. The van der Waals surface area contributed by atoms with Crippen molar-refractivity contribution in [2.24, 2.45) is 11.5 Å². The molecule has 0 heterocycles. The van der Waals surface area contributed by atoms with Gasteiger partial charge in [-0.1, -0.05) is 36.4 Å². The van der Waals surface area contributed by atoms with Crippen molar-refractivity contribution in [3.05, 3.63) is 89.5 Å². The summed E-state index contributed by atoms with van der Waals surface area (Å²) < 4.78 is 0. The number of nitrogens with two attached hydrogens (primary N) is 2. The van der Waals surface area contributed by atoms with Gasteiger partial charge in [-0.3, -0.25) is 52.7 Å². The molecular formula is C49H62N10O18S. The second-order valence-electron chi connectivity index (χ2n) is 17.6. The molecule has 0 aliphatic carbocycles. The lowest BCUT2D eigenvalue weighted by Gasteiger charge is -2.26. The molecule has 0 saturated carbocycles. The minimum Gasteiger partial charge on any atom is -0.508 e. The van der Waals surface area contributed by atoms with Crippen LogP contribution in [0.25, 0.3) is 0 Å². The zero-order chi connectivity index (χ0) is 58.2. The van der Waals surface area contributed by atoms with E-state index in [0.717, 1.165) is 0 Å². The molecule has 3 rings (SSSR count). The molecule has 0 aliphatic rings. The van der Waals surface area contributed by atoms with Crippen molar-refractivity contribution in [2.75, 3.05) is 18.6 Å². The summed E-state index contributed by atoms with van der Waals surface area (Å²) in [6, 6.07) is 3.28. The minimum atomic E-state index is -1.85. The summed E-state index contributed by atoms with van der Waals surface area (Å²) in [5, 5.41) is 76.1. The van der Waals surface area contributed by atoms with E-state index in [4.69, 9.17) is 16.6 Å². The Morgan fingerprint density at radius 3 is 1.31 bits per heavy atom. The number of amides is 9. The van der Waals surface area contributed by atoms with Crippen molar-refractivity contribution < 1.29 is 88.2 Å². The number of carboxylic acid groups (broad SMARTS) is 3. The first-order valence-electron chi connectivity index (χ1n) is 23.7. The lowest BCUT2D eigenvalue weighted by molar-refractivity contribution is -0.143. The van der Waals surface area contributed by atoms with E-state index in [0.29, 0.717) is 16.7 Å². The lowest BCUT2D eigenvalue weighted by Crippen LogP contribution is -2.60. The van der Waals surface area contributed by atoms with E-state index in [9.17, 15) is 83.1 Å². The van der Waals surface area contributed by atoms with Gasteiger partial charge in [-0.2, -0.15) is 11.8 Å². The number of benzene rings is 3. The van der Waals surface area contributed by atoms with Gasteiger partial charge in [0.15, 0.2) is 0 Å². The topological polar surface area (TPSA) is 474 Å². The number of hydrogen-bond donors (Lipinski definition) is 16. The van der Waals surface area contributed by atoms with Crippen molar-refractivity contribution in [3.8, 4) is 17.2 Å². The molecule has 0 fully saturated rings. The van der Waals surface area contributed by atoms with Crippen molar-refractivity contribution in [1.29, 1.82) is 0 Å². The summed E-state index contributed by atoms with van der Waals surface area (Å²) >= 11 is 1.25. The molecule has 422 valence electrons. The van der Waals surface area contributed by atoms with Gasteiger partial charge in [0, 0.05) is 19.3 Å². The predicted molar refractivity (Wildman–Crippen MR) is 275 cm³/mol. The van der Waals surface area contributed by atoms with Gasteiger partial charge in [0.2, 0.25) is 53.2 Å². The normalized spacial score (nSPS) is 13.9. The number of phenols is 3. The minimum absolute atomic E-state index is 0.101. The van der Waals surface area contributed by atoms with Gasteiger partial charge in [-0.25, -0.2) is 4.79 Å². The van der Waals surface area contributed by atoms with Crippen LogP contribution in [0.5, 0.6) is 17.2 Å². The van der Waals surface area contributed by atoms with E-state index < -0.39 is 145 Å². The zero-order valence-corrected chi connectivity index (χ0v) is 42.9. The largest absolute Gasteiger partial charge is 0.508 e. The second-order valence-corrected chi connectivity index (χ2v) is 18.6. The first-order chi connectivity index (χ1) is 36.7. The lowest BCUT2D eigenvalue weighted by atomic mass is 10.0. The Morgan fingerprint density at radius 1 is 0.474 bits per heavy atom. The summed E-state index contributed by atoms with van der Waals surface area (Å²) in [7, 11) is 0. The molecule has 18 N–H and O–H groups in total. The molecule has 8 atom stereocenters. The average molecular weight is 1110 g/mol. The molecule has 9 amide bonds. The molecule has 29 heteroatoms. The van der Waals surface area contributed by atoms with Crippen LogP contribution in [0.2, 0.25) is 0 Å². The van der Waals surface area contributed by atoms with E-state index in [-0.39, 0.29) is 48.7 Å². The second kappa shape index (κ2) is 31.2. The number of carbonyl (C=O) groups excluding carboxylic acids is 9. The molecular weight excluding hydrogens is 1050 g/mol. The van der Waals surface area contributed by atoms with Gasteiger partial charge in [0.25, 0.3) is 0 Å². The predicted octanol–water partition coefficient (Wildman–Crippen LogP) is -3.65. The molecule has 0 unspecified atom stereocenters. The number of aromatic hydroxyl groups is 3. The maximum atomic E-state index is 14.0. The fourth-order valence-corrected chi connectivity index (χ4v) is 7.58. The van der Waals surface area contributed by atoms with Crippen LogP contribution in [0.1, 0.15) is 49.3 Å². The van der Waals surface area contributed by atoms with Gasteiger partial charge in [0.1, 0.15) is 59.5 Å². The SMILES string of the molecule is CSCC[C@H](NC(=O)[C@H](C)NC(=O)[C@H](Cc1ccc(O)cc1)NC(=O)[C@H](CC(N)=O)NC(=O)CNC(=O)[C@H](Cc1ccc(O)cc1)NC(=O)[C@@H](N)CC(=O)O)C(=O)N[C@@H](CC(=O)O)C(=O)N[C@@H](Cc1ccc(O)cc1)C(=O)O. The fourth-order valence-electron chi connectivity index (χ4n) is 7.11. The Bertz CT molecular complexity index is 2640. The molecule has 28 nitrogen and oxygen atoms in total. The van der Waals surface area contributed by atoms with E-state index in [1.54, 1.807) is 6.26 Å². The Balaban J connectivity index is 1.78. The summed E-state index contributed by atoms with van der Waals surface area (Å²) in [4.78, 5) is 155. The van der Waals surface area contributed by atoms with Crippen LogP contribution in [0.15, 0.2) is 72.8 Å². The number of primary amides is 1. The maximum Gasteiger partial charge on any atom is 0.326 e. The van der Waals surface area contributed by atoms with Crippen LogP contribution in [-0.2, 0) is 76.8 Å². The molecule has 3 aromatic carbocycles. The van der Waals surface area contributed by atoms with Crippen LogP contribution in [-0.4, -0.2) is 169 Å². The molecule has 3 aromatic rings. The number of hydrogen-bond acceptors (Lipinski definition) is 17. The highest BCUT2D eigenvalue weighted by Gasteiger charge is 2.34. The molecule has 0 aromatic heterocycles. The van der Waals surface area contributed by atoms with E-state index in [2.05, 4.69) is 42.5 Å². The highest BCUT2D eigenvalue weighted by Crippen LogP contribution is 2.15. The smallest absolute Gasteiger partial charge is 0.326 e. The Morgan fingerprint density at radius 2 is 0.859 bits per heavy atom. The number of nitrogens with one attached hydrogen (secondary N) is 8. The molecule has 0 bridgehead atoms. The highest BCUT2D eigenvalue weighted by atomic mass is 32.2. The van der Waals surface area contributed by atoms with Crippen molar-refractivity contribution >= 4 is 82.8 Å². The third kappa shape index (κ3) is 22.5. The van der Waals surface area contributed by atoms with Gasteiger partial charge in [-0.15, -0.1) is 0 Å². The molecule has 0 aliphatic heterocycles. The Kier molecular flexibility index (Phi) is 25.3. The van der Waals surface area contributed by atoms with Crippen LogP contribution >= 0.6 is 11.8 Å². The van der Waals surface area contributed by atoms with Crippen LogP contribution in [0.4, 0.5) is 0 Å². The monoisotopic (exact) mass is 1110 g/mol. The number of carboxylic acids is 3. The standard InChI is InChI=1S/C49H62N10O18S/c1-24(42(69)55-32(15-16-78-2)45(72)58-36(22-41(67)68)48(75)59-37(49(76)77)19-27-7-13-30(62)14-8-27)53-46(73)34(18-26-5-11-29(61)12-6-26)57-47(74)35(21-38(51)63)54-39(64)23-52-44(71)33(17-25-3-9-28(60)10-4-25)56-43(70)31(50)20-40(65)66/h3-14,24,31-37,60-62H,15-23,50H2,1-2H3,(H2,51,63)(H,52,71)(H,53,73)(H,54,64)(H,55,69)(H,56,70)(H,57,74)(H,58,72)(H,59,75)(H,65,66)(H,67,68)(H,76,77)/t24-,31-,32-,33-,34-,35-,36-,37-/m0/s1. The molecule has 78 heavy (non-hydrogen) atoms. The molecule has 0 radical (unpaired) electrons. The summed E-state index contributed by atoms with van der Waals surface area (Å²) in [6.07, 6.45) is -1.94. The quantitative estimate of drug-likeness (QED) is 0.0287.